The lowest BCUT2D eigenvalue weighted by Gasteiger charge is -2.27. The van der Waals surface area contributed by atoms with E-state index in [0.717, 1.165) is 10.5 Å². The highest BCUT2D eigenvalue weighted by molar-refractivity contribution is 5.94. The van der Waals surface area contributed by atoms with E-state index < -0.39 is 22.7 Å². The van der Waals surface area contributed by atoms with Crippen molar-refractivity contribution in [1.29, 1.82) is 0 Å². The van der Waals surface area contributed by atoms with Gasteiger partial charge in [0.25, 0.3) is 0 Å². The normalized spacial score (nSPS) is 16.3. The molecule has 31 heavy (non-hydrogen) atoms. The van der Waals surface area contributed by atoms with Crippen molar-refractivity contribution in [3.8, 4) is 5.75 Å². The summed E-state index contributed by atoms with van der Waals surface area (Å²) in [5.41, 5.74) is 0.674. The molecule has 0 bridgehead atoms. The van der Waals surface area contributed by atoms with Gasteiger partial charge >= 0.3 is 11.8 Å². The van der Waals surface area contributed by atoms with Crippen molar-refractivity contribution in [1.82, 2.24) is 4.90 Å². The predicted molar refractivity (Wildman–Crippen MR) is 114 cm³/mol. The smallest absolute Gasteiger partial charge is 0.417 e. The molecule has 2 aromatic carbocycles. The largest absolute Gasteiger partial charge is 0.482 e. The van der Waals surface area contributed by atoms with E-state index >= 15 is 0 Å². The maximum absolute atomic E-state index is 12.5. The fourth-order valence-electron chi connectivity index (χ4n) is 3.46. The zero-order valence-corrected chi connectivity index (χ0v) is 17.9. The third-order valence-electron chi connectivity index (χ3n) is 4.84. The van der Waals surface area contributed by atoms with E-state index in [-0.39, 0.29) is 30.4 Å². The first-order valence-corrected chi connectivity index (χ1v) is 10.1. The van der Waals surface area contributed by atoms with Gasteiger partial charge < -0.3 is 9.47 Å². The zero-order valence-electron chi connectivity index (χ0n) is 17.9. The predicted octanol–water partition coefficient (Wildman–Crippen LogP) is 4.64. The highest BCUT2D eigenvalue weighted by Gasteiger charge is 2.38. The third-order valence-corrected chi connectivity index (χ3v) is 4.84. The van der Waals surface area contributed by atoms with Gasteiger partial charge in [0.15, 0.2) is 5.75 Å². The van der Waals surface area contributed by atoms with Crippen LogP contribution in [0.1, 0.15) is 44.7 Å². The Labute approximate surface area is 180 Å². The number of hydrogen-bond donors (Lipinski definition) is 0. The number of carbonyl (C=O) groups excluding carboxylic acids is 2. The van der Waals surface area contributed by atoms with Crippen LogP contribution in [0, 0.1) is 10.1 Å². The van der Waals surface area contributed by atoms with E-state index in [2.05, 4.69) is 0 Å². The Hall–Kier alpha value is -3.42. The fourth-order valence-corrected chi connectivity index (χ4v) is 3.46. The topological polar surface area (TPSA) is 99.0 Å². The minimum absolute atomic E-state index is 0.151. The number of benzene rings is 2. The molecule has 1 aliphatic rings. The lowest BCUT2D eigenvalue weighted by atomic mass is 10.0. The number of hydrogen-bond acceptors (Lipinski definition) is 6. The SMILES string of the molecule is CC(C)(C)OC(=O)N1C(=O)CCC1Cc1ccc(OCc2ccccc2)c([N+](=O)[O-])c1. The molecule has 1 atom stereocenters. The summed E-state index contributed by atoms with van der Waals surface area (Å²) in [7, 11) is 0. The number of carbonyl (C=O) groups is 2. The first-order valence-electron chi connectivity index (χ1n) is 10.1. The van der Waals surface area contributed by atoms with Gasteiger partial charge in [-0.15, -0.1) is 0 Å². The number of imide groups is 1. The summed E-state index contributed by atoms with van der Waals surface area (Å²) < 4.78 is 11.0. The van der Waals surface area contributed by atoms with Crippen LogP contribution in [0.3, 0.4) is 0 Å². The van der Waals surface area contributed by atoms with Crippen molar-refractivity contribution in [2.75, 3.05) is 0 Å². The Morgan fingerprint density at radius 2 is 1.87 bits per heavy atom. The molecule has 8 heteroatoms. The molecule has 164 valence electrons. The van der Waals surface area contributed by atoms with Crippen LogP contribution >= 0.6 is 0 Å². The Balaban J connectivity index is 1.75. The van der Waals surface area contributed by atoms with Gasteiger partial charge in [0.2, 0.25) is 5.91 Å². The van der Waals surface area contributed by atoms with Crippen LogP contribution in [0.15, 0.2) is 48.5 Å². The first kappa shape index (κ1) is 22.3. The quantitative estimate of drug-likeness (QED) is 0.493. The standard InChI is InChI=1S/C23H26N2O6/c1-23(2,3)31-22(27)24-18(10-12-21(24)26)13-17-9-11-20(19(14-17)25(28)29)30-15-16-7-5-4-6-8-16/h4-9,11,14,18H,10,12-13,15H2,1-3H3. The van der Waals surface area contributed by atoms with Crippen molar-refractivity contribution >= 4 is 17.7 Å². The van der Waals surface area contributed by atoms with Gasteiger partial charge in [0.05, 0.1) is 4.92 Å². The molecule has 2 amide bonds. The second-order valence-corrected chi connectivity index (χ2v) is 8.47. The summed E-state index contributed by atoms with van der Waals surface area (Å²) in [6.45, 7) is 5.42. The molecule has 0 aromatic heterocycles. The second kappa shape index (κ2) is 9.16. The third kappa shape index (κ3) is 5.81. The summed E-state index contributed by atoms with van der Waals surface area (Å²) in [6, 6.07) is 13.7. The van der Waals surface area contributed by atoms with E-state index in [1.807, 2.05) is 30.3 Å². The first-order chi connectivity index (χ1) is 14.6. The molecule has 1 unspecified atom stereocenters. The maximum Gasteiger partial charge on any atom is 0.417 e. The number of ether oxygens (including phenoxy) is 2. The van der Waals surface area contributed by atoms with Gasteiger partial charge in [-0.1, -0.05) is 36.4 Å². The molecule has 1 saturated heterocycles. The number of nitro benzene ring substituents is 1. The monoisotopic (exact) mass is 426 g/mol. The van der Waals surface area contributed by atoms with Crippen molar-refractivity contribution in [3.05, 3.63) is 69.8 Å². The molecule has 8 nitrogen and oxygen atoms in total. The van der Waals surface area contributed by atoms with Crippen LogP contribution in [0.2, 0.25) is 0 Å². The Bertz CT molecular complexity index is 968. The van der Waals surface area contributed by atoms with Crippen LogP contribution in [0.5, 0.6) is 5.75 Å². The lowest BCUT2D eigenvalue weighted by molar-refractivity contribution is -0.386. The van der Waals surface area contributed by atoms with Crippen molar-refractivity contribution < 1.29 is 24.0 Å². The van der Waals surface area contributed by atoms with Gasteiger partial charge in [-0.3, -0.25) is 14.9 Å². The fraction of sp³-hybridized carbons (Fsp3) is 0.391. The van der Waals surface area contributed by atoms with Crippen molar-refractivity contribution in [2.24, 2.45) is 0 Å². The Morgan fingerprint density at radius 3 is 2.52 bits per heavy atom. The minimum Gasteiger partial charge on any atom is -0.482 e. The second-order valence-electron chi connectivity index (χ2n) is 8.47. The number of nitrogens with zero attached hydrogens (tertiary/aromatic N) is 2. The van der Waals surface area contributed by atoms with Crippen molar-refractivity contribution in [2.45, 2.75) is 58.3 Å². The summed E-state index contributed by atoms with van der Waals surface area (Å²) in [5.74, 6) is -0.124. The van der Waals surface area contributed by atoms with Gasteiger partial charge in [0, 0.05) is 18.5 Å². The molecule has 2 aromatic rings. The highest BCUT2D eigenvalue weighted by atomic mass is 16.6. The Kier molecular flexibility index (Phi) is 6.58. The van der Waals surface area contributed by atoms with Gasteiger partial charge in [-0.05, 0) is 50.8 Å². The molecule has 0 spiro atoms. The molecule has 0 aliphatic carbocycles. The molecule has 0 saturated carbocycles. The average Bonchev–Trinajstić information content (AvgIpc) is 3.06. The molecule has 0 radical (unpaired) electrons. The van der Waals surface area contributed by atoms with Gasteiger partial charge in [-0.25, -0.2) is 9.69 Å². The van der Waals surface area contributed by atoms with E-state index in [0.29, 0.717) is 18.4 Å². The molecular weight excluding hydrogens is 400 g/mol. The van der Waals surface area contributed by atoms with E-state index in [1.165, 1.54) is 6.07 Å². The minimum atomic E-state index is -0.721. The van der Waals surface area contributed by atoms with Crippen LogP contribution in [0.4, 0.5) is 10.5 Å². The van der Waals surface area contributed by atoms with Crippen LogP contribution < -0.4 is 4.74 Å². The molecular formula is C23H26N2O6. The molecule has 1 fully saturated rings. The lowest BCUT2D eigenvalue weighted by Crippen LogP contribution is -2.43. The average molecular weight is 426 g/mol. The van der Waals surface area contributed by atoms with Crippen LogP contribution in [-0.4, -0.2) is 33.5 Å². The van der Waals surface area contributed by atoms with Crippen LogP contribution in [0.25, 0.3) is 0 Å². The van der Waals surface area contributed by atoms with Crippen molar-refractivity contribution in [3.63, 3.8) is 0 Å². The Morgan fingerprint density at radius 1 is 1.16 bits per heavy atom. The summed E-state index contributed by atoms with van der Waals surface area (Å²) in [4.78, 5) is 37.0. The van der Waals surface area contributed by atoms with E-state index in [4.69, 9.17) is 9.47 Å². The van der Waals surface area contributed by atoms with Crippen LogP contribution in [-0.2, 0) is 22.6 Å². The van der Waals surface area contributed by atoms with Gasteiger partial charge in [-0.2, -0.15) is 0 Å². The van der Waals surface area contributed by atoms with Gasteiger partial charge in [0.1, 0.15) is 12.2 Å². The molecule has 1 aliphatic heterocycles. The van der Waals surface area contributed by atoms with E-state index in [9.17, 15) is 19.7 Å². The summed E-state index contributed by atoms with van der Waals surface area (Å²) >= 11 is 0. The zero-order chi connectivity index (χ0) is 22.6. The maximum atomic E-state index is 12.5. The number of likely N-dealkylation sites (tertiary alicyclic amines) is 1. The molecule has 0 N–H and O–H groups in total. The van der Waals surface area contributed by atoms with E-state index in [1.54, 1.807) is 32.9 Å². The molecule has 3 rings (SSSR count). The number of rotatable bonds is 6. The number of amides is 2. The summed E-state index contributed by atoms with van der Waals surface area (Å²) in [5, 5.41) is 11.6. The summed E-state index contributed by atoms with van der Waals surface area (Å²) in [6.07, 6.45) is 0.352. The highest BCUT2D eigenvalue weighted by Crippen LogP contribution is 2.31. The molecule has 1 heterocycles. The number of nitro groups is 1.